The Kier molecular flexibility index (Phi) is 3.16. The van der Waals surface area contributed by atoms with Crippen molar-refractivity contribution in [3.8, 4) is 11.1 Å². The van der Waals surface area contributed by atoms with Crippen molar-refractivity contribution >= 4 is 6.08 Å². The zero-order valence-electron chi connectivity index (χ0n) is 10.5. The van der Waals surface area contributed by atoms with Crippen molar-refractivity contribution in [3.63, 3.8) is 0 Å². The zero-order valence-corrected chi connectivity index (χ0v) is 10.5. The Morgan fingerprint density at radius 3 is 2.21 bits per heavy atom. The summed E-state index contributed by atoms with van der Waals surface area (Å²) in [5.74, 6) is -1.07. The van der Waals surface area contributed by atoms with E-state index in [2.05, 4.69) is 6.08 Å². The summed E-state index contributed by atoms with van der Waals surface area (Å²) in [7, 11) is 0. The van der Waals surface area contributed by atoms with Crippen LogP contribution in [0.3, 0.4) is 0 Å². The maximum Gasteiger partial charge on any atom is 0.133 e. The molecule has 2 heteroatoms. The quantitative estimate of drug-likeness (QED) is 0.692. The Morgan fingerprint density at radius 2 is 1.63 bits per heavy atom. The van der Waals surface area contributed by atoms with Crippen LogP contribution in [0.15, 0.2) is 48.0 Å². The van der Waals surface area contributed by atoms with E-state index in [0.29, 0.717) is 5.56 Å². The third kappa shape index (κ3) is 2.58. The van der Waals surface area contributed by atoms with Crippen LogP contribution in [-0.2, 0) is 0 Å². The lowest BCUT2D eigenvalue weighted by Crippen LogP contribution is -1.95. The normalized spacial score (nSPS) is 14.1. The largest absolute Gasteiger partial charge is 0.207 e. The highest BCUT2D eigenvalue weighted by Gasteiger charge is 2.08. The summed E-state index contributed by atoms with van der Waals surface area (Å²) in [5.41, 5.74) is 3.82. The summed E-state index contributed by atoms with van der Waals surface area (Å²) in [6.07, 6.45) is 5.85. The fourth-order valence-corrected chi connectivity index (χ4v) is 2.24. The van der Waals surface area contributed by atoms with Gasteiger partial charge < -0.3 is 0 Å². The zero-order chi connectivity index (χ0) is 13.2. The number of rotatable bonds is 2. The summed E-state index contributed by atoms with van der Waals surface area (Å²) < 4.78 is 26.5. The standard InChI is InChI=1S/C17H14F2/c18-15-8-9-16(17(19)11-15)14-6-4-13(5-7-14)10-12-2-1-3-12/h4-11H,1-3H2. The fourth-order valence-electron chi connectivity index (χ4n) is 2.24. The highest BCUT2D eigenvalue weighted by atomic mass is 19.1. The predicted octanol–water partition coefficient (Wildman–Crippen LogP) is 5.20. The topological polar surface area (TPSA) is 0 Å². The van der Waals surface area contributed by atoms with E-state index < -0.39 is 11.6 Å². The van der Waals surface area contributed by atoms with E-state index in [9.17, 15) is 8.78 Å². The van der Waals surface area contributed by atoms with Gasteiger partial charge in [0.2, 0.25) is 0 Å². The molecule has 0 amide bonds. The second-order valence-electron chi connectivity index (χ2n) is 4.90. The molecule has 0 nitrogen and oxygen atoms in total. The molecule has 0 unspecified atom stereocenters. The van der Waals surface area contributed by atoms with Gasteiger partial charge in [-0.05, 0) is 42.5 Å². The van der Waals surface area contributed by atoms with Gasteiger partial charge in [-0.25, -0.2) is 8.78 Å². The predicted molar refractivity (Wildman–Crippen MR) is 73.6 cm³/mol. The minimum absolute atomic E-state index is 0.434. The lowest BCUT2D eigenvalue weighted by Gasteiger charge is -2.15. The minimum atomic E-state index is -0.549. The highest BCUT2D eigenvalue weighted by Crippen LogP contribution is 2.29. The molecular formula is C17H14F2. The molecule has 1 saturated carbocycles. The summed E-state index contributed by atoms with van der Waals surface area (Å²) in [4.78, 5) is 0. The van der Waals surface area contributed by atoms with Gasteiger partial charge in [0.25, 0.3) is 0 Å². The van der Waals surface area contributed by atoms with Crippen molar-refractivity contribution in [2.24, 2.45) is 0 Å². The maximum absolute atomic E-state index is 13.7. The first-order valence-electron chi connectivity index (χ1n) is 6.47. The molecule has 3 rings (SSSR count). The summed E-state index contributed by atoms with van der Waals surface area (Å²) in [6.45, 7) is 0. The molecule has 0 bridgehead atoms. The molecule has 2 aromatic carbocycles. The molecule has 2 aromatic rings. The molecule has 0 radical (unpaired) electrons. The fraction of sp³-hybridized carbons (Fsp3) is 0.176. The number of allylic oxidation sites excluding steroid dienone is 1. The van der Waals surface area contributed by atoms with Crippen LogP contribution in [0.1, 0.15) is 24.8 Å². The van der Waals surface area contributed by atoms with Crippen molar-refractivity contribution in [3.05, 3.63) is 65.2 Å². The number of benzene rings is 2. The minimum Gasteiger partial charge on any atom is -0.207 e. The van der Waals surface area contributed by atoms with Gasteiger partial charge in [-0.2, -0.15) is 0 Å². The van der Waals surface area contributed by atoms with Crippen LogP contribution in [0.25, 0.3) is 17.2 Å². The molecule has 0 atom stereocenters. The van der Waals surface area contributed by atoms with E-state index in [4.69, 9.17) is 0 Å². The van der Waals surface area contributed by atoms with Gasteiger partial charge in [0.05, 0.1) is 0 Å². The molecular weight excluding hydrogens is 242 g/mol. The van der Waals surface area contributed by atoms with Gasteiger partial charge in [0, 0.05) is 11.6 Å². The summed E-state index contributed by atoms with van der Waals surface area (Å²) in [5, 5.41) is 0. The Morgan fingerprint density at radius 1 is 0.895 bits per heavy atom. The van der Waals surface area contributed by atoms with E-state index in [1.807, 2.05) is 24.3 Å². The van der Waals surface area contributed by atoms with E-state index in [0.717, 1.165) is 17.2 Å². The van der Waals surface area contributed by atoms with Gasteiger partial charge >= 0.3 is 0 Å². The summed E-state index contributed by atoms with van der Waals surface area (Å²) in [6, 6.07) is 11.4. The second-order valence-corrected chi connectivity index (χ2v) is 4.90. The van der Waals surface area contributed by atoms with Crippen molar-refractivity contribution in [1.82, 2.24) is 0 Å². The molecule has 0 N–H and O–H groups in total. The average Bonchev–Trinajstić information content (AvgIpc) is 2.35. The first kappa shape index (κ1) is 12.1. The third-order valence-corrected chi connectivity index (χ3v) is 3.52. The SMILES string of the molecule is Fc1ccc(-c2ccc(C=C3CCC3)cc2)c(F)c1. The van der Waals surface area contributed by atoms with Crippen molar-refractivity contribution in [2.75, 3.05) is 0 Å². The van der Waals surface area contributed by atoms with Gasteiger partial charge in [0.1, 0.15) is 11.6 Å². The van der Waals surface area contributed by atoms with Crippen LogP contribution >= 0.6 is 0 Å². The van der Waals surface area contributed by atoms with Crippen LogP contribution in [0.2, 0.25) is 0 Å². The van der Waals surface area contributed by atoms with Crippen molar-refractivity contribution < 1.29 is 8.78 Å². The monoisotopic (exact) mass is 256 g/mol. The van der Waals surface area contributed by atoms with E-state index >= 15 is 0 Å². The van der Waals surface area contributed by atoms with Crippen LogP contribution < -0.4 is 0 Å². The Hall–Kier alpha value is -1.96. The molecule has 0 saturated heterocycles. The molecule has 0 spiro atoms. The molecule has 0 aliphatic heterocycles. The smallest absolute Gasteiger partial charge is 0.133 e. The first-order valence-corrected chi connectivity index (χ1v) is 6.47. The van der Waals surface area contributed by atoms with E-state index in [1.54, 1.807) is 0 Å². The van der Waals surface area contributed by atoms with Crippen LogP contribution in [0.5, 0.6) is 0 Å². The lowest BCUT2D eigenvalue weighted by atomic mass is 9.90. The van der Waals surface area contributed by atoms with E-state index in [-0.39, 0.29) is 0 Å². The number of halogens is 2. The summed E-state index contributed by atoms with van der Waals surface area (Å²) >= 11 is 0. The second kappa shape index (κ2) is 4.96. The molecule has 19 heavy (non-hydrogen) atoms. The van der Waals surface area contributed by atoms with Gasteiger partial charge in [-0.15, -0.1) is 0 Å². The molecule has 0 aromatic heterocycles. The molecule has 96 valence electrons. The third-order valence-electron chi connectivity index (χ3n) is 3.52. The first-order chi connectivity index (χ1) is 9.22. The Balaban J connectivity index is 1.89. The van der Waals surface area contributed by atoms with E-state index in [1.165, 1.54) is 37.0 Å². The Labute approximate surface area is 111 Å². The van der Waals surface area contributed by atoms with Crippen LogP contribution in [-0.4, -0.2) is 0 Å². The highest BCUT2D eigenvalue weighted by molar-refractivity contribution is 5.66. The van der Waals surface area contributed by atoms with Crippen molar-refractivity contribution in [2.45, 2.75) is 19.3 Å². The van der Waals surface area contributed by atoms with Crippen molar-refractivity contribution in [1.29, 1.82) is 0 Å². The average molecular weight is 256 g/mol. The van der Waals surface area contributed by atoms with Gasteiger partial charge in [-0.3, -0.25) is 0 Å². The molecule has 1 aliphatic carbocycles. The maximum atomic E-state index is 13.7. The van der Waals surface area contributed by atoms with Gasteiger partial charge in [0.15, 0.2) is 0 Å². The van der Waals surface area contributed by atoms with Gasteiger partial charge in [-0.1, -0.05) is 35.9 Å². The number of hydrogen-bond donors (Lipinski definition) is 0. The Bertz CT molecular complexity index is 618. The molecule has 0 heterocycles. The lowest BCUT2D eigenvalue weighted by molar-refractivity contribution is 0.585. The van der Waals surface area contributed by atoms with Crippen LogP contribution in [0, 0.1) is 11.6 Å². The molecule has 1 fully saturated rings. The number of hydrogen-bond acceptors (Lipinski definition) is 0. The van der Waals surface area contributed by atoms with Crippen LogP contribution in [0.4, 0.5) is 8.78 Å². The molecule has 1 aliphatic rings.